The molecule has 0 atom stereocenters. The Morgan fingerprint density at radius 1 is 1.00 bits per heavy atom. The zero-order valence-electron chi connectivity index (χ0n) is 20.2. The predicted octanol–water partition coefficient (Wildman–Crippen LogP) is 5.94. The Morgan fingerprint density at radius 3 is 2.31 bits per heavy atom. The molecule has 1 amide bonds. The lowest BCUT2D eigenvalue weighted by atomic mass is 10.1. The highest BCUT2D eigenvalue weighted by Crippen LogP contribution is 2.40. The average Bonchev–Trinajstić information content (AvgIpc) is 3.53. The molecule has 2 aromatic heterocycles. The number of aromatic nitrogens is 1. The molecule has 4 rings (SSSR count). The van der Waals surface area contributed by atoms with E-state index in [2.05, 4.69) is 0 Å². The summed E-state index contributed by atoms with van der Waals surface area (Å²) in [7, 11) is 1.61. The molecule has 2 heterocycles. The number of anilines is 1. The maximum absolute atomic E-state index is 13.9. The number of thiazole rings is 1. The highest BCUT2D eigenvalue weighted by molar-refractivity contribution is 7.22. The van der Waals surface area contributed by atoms with E-state index in [0.29, 0.717) is 59.3 Å². The van der Waals surface area contributed by atoms with Crippen LogP contribution in [0.2, 0.25) is 0 Å². The van der Waals surface area contributed by atoms with Crippen molar-refractivity contribution in [3.63, 3.8) is 0 Å². The molecule has 0 bridgehead atoms. The highest BCUT2D eigenvalue weighted by Gasteiger charge is 2.26. The molecule has 0 aliphatic heterocycles. The van der Waals surface area contributed by atoms with Crippen LogP contribution in [0.25, 0.3) is 10.2 Å². The van der Waals surface area contributed by atoms with Crippen molar-refractivity contribution >= 4 is 32.6 Å². The SMILES string of the molecule is CCOc1cc(C(=O)N(Cc2ccco2)c2nc3cc(OC)ccc3s2)cc(OCC)c1OCC. The number of fused-ring (bicyclic) bond motifs is 1. The molecule has 0 fully saturated rings. The summed E-state index contributed by atoms with van der Waals surface area (Å²) in [5.74, 6) is 2.46. The number of carbonyl (C=O) groups excluding carboxylic acids is 1. The molecule has 0 saturated carbocycles. The molecule has 4 aromatic rings. The number of carbonyl (C=O) groups is 1. The molecule has 184 valence electrons. The first-order valence-corrected chi connectivity index (χ1v) is 12.2. The molecule has 8 nitrogen and oxygen atoms in total. The van der Waals surface area contributed by atoms with Gasteiger partial charge in [0.1, 0.15) is 11.5 Å². The van der Waals surface area contributed by atoms with Crippen molar-refractivity contribution in [1.82, 2.24) is 4.98 Å². The minimum Gasteiger partial charge on any atom is -0.497 e. The minimum atomic E-state index is -0.266. The summed E-state index contributed by atoms with van der Waals surface area (Å²) in [6.07, 6.45) is 1.58. The van der Waals surface area contributed by atoms with Crippen molar-refractivity contribution in [3.8, 4) is 23.0 Å². The minimum absolute atomic E-state index is 0.212. The summed E-state index contributed by atoms with van der Waals surface area (Å²) >= 11 is 1.42. The van der Waals surface area contributed by atoms with Crippen molar-refractivity contribution in [2.75, 3.05) is 31.8 Å². The number of ether oxygens (including phenoxy) is 4. The van der Waals surface area contributed by atoms with E-state index in [1.807, 2.05) is 45.0 Å². The third-order valence-corrected chi connectivity index (χ3v) is 6.17. The van der Waals surface area contributed by atoms with E-state index >= 15 is 0 Å². The van der Waals surface area contributed by atoms with E-state index in [-0.39, 0.29) is 12.5 Å². The highest BCUT2D eigenvalue weighted by atomic mass is 32.1. The standard InChI is InChI=1S/C26H28N2O6S/c1-5-31-21-13-17(14-22(32-6-2)24(21)33-7-3)25(29)28(16-19-9-8-12-34-19)26-27-20-15-18(30-4)10-11-23(20)35-26/h8-15H,5-7,16H2,1-4H3. The van der Waals surface area contributed by atoms with Gasteiger partial charge >= 0.3 is 0 Å². The summed E-state index contributed by atoms with van der Waals surface area (Å²) in [5.41, 5.74) is 1.14. The van der Waals surface area contributed by atoms with E-state index in [4.69, 9.17) is 28.3 Å². The van der Waals surface area contributed by atoms with Gasteiger partial charge in [-0.1, -0.05) is 11.3 Å². The number of methoxy groups -OCH3 is 1. The Hall–Kier alpha value is -3.72. The van der Waals surface area contributed by atoms with Gasteiger partial charge in [-0.2, -0.15) is 0 Å². The second-order valence-corrected chi connectivity index (χ2v) is 8.41. The Balaban J connectivity index is 1.79. The van der Waals surface area contributed by atoms with Crippen molar-refractivity contribution in [2.24, 2.45) is 0 Å². The van der Waals surface area contributed by atoms with Crippen molar-refractivity contribution in [1.29, 1.82) is 0 Å². The third kappa shape index (κ3) is 5.35. The second-order valence-electron chi connectivity index (χ2n) is 7.40. The number of hydrogen-bond donors (Lipinski definition) is 0. The smallest absolute Gasteiger partial charge is 0.260 e. The van der Waals surface area contributed by atoms with Gasteiger partial charge in [0, 0.05) is 11.6 Å². The Kier molecular flexibility index (Phi) is 7.77. The van der Waals surface area contributed by atoms with Crippen molar-refractivity contribution < 1.29 is 28.2 Å². The van der Waals surface area contributed by atoms with E-state index < -0.39 is 0 Å². The monoisotopic (exact) mass is 496 g/mol. The first-order valence-electron chi connectivity index (χ1n) is 11.4. The predicted molar refractivity (Wildman–Crippen MR) is 135 cm³/mol. The lowest BCUT2D eigenvalue weighted by molar-refractivity contribution is 0.0982. The molecule has 0 spiro atoms. The molecule has 9 heteroatoms. The molecule has 0 aliphatic carbocycles. The maximum atomic E-state index is 13.9. The molecular formula is C26H28N2O6S. The Bertz CT molecular complexity index is 1260. The van der Waals surface area contributed by atoms with Crippen LogP contribution in [0.5, 0.6) is 23.0 Å². The molecule has 0 radical (unpaired) electrons. The van der Waals surface area contributed by atoms with Crippen LogP contribution in [0.15, 0.2) is 53.1 Å². The van der Waals surface area contributed by atoms with E-state index in [1.165, 1.54) is 11.3 Å². The van der Waals surface area contributed by atoms with Crippen LogP contribution in [0, 0.1) is 0 Å². The fourth-order valence-corrected chi connectivity index (χ4v) is 4.53. The molecule has 0 aliphatic rings. The van der Waals surface area contributed by atoms with Crippen molar-refractivity contribution in [3.05, 3.63) is 60.1 Å². The normalized spacial score (nSPS) is 10.9. The quantitative estimate of drug-likeness (QED) is 0.254. The zero-order valence-corrected chi connectivity index (χ0v) is 21.0. The summed E-state index contributed by atoms with van der Waals surface area (Å²) < 4.78 is 29.2. The zero-order chi connectivity index (χ0) is 24.8. The van der Waals surface area contributed by atoms with Gasteiger partial charge in [0.25, 0.3) is 5.91 Å². The van der Waals surface area contributed by atoms with Gasteiger partial charge in [-0.15, -0.1) is 0 Å². The van der Waals surface area contributed by atoms with Crippen LogP contribution < -0.4 is 23.8 Å². The van der Waals surface area contributed by atoms with Gasteiger partial charge in [0.15, 0.2) is 16.6 Å². The Labute approximate surface area is 208 Å². The molecule has 35 heavy (non-hydrogen) atoms. The van der Waals surface area contributed by atoms with Gasteiger partial charge in [0.05, 0.1) is 50.0 Å². The molecular weight excluding hydrogens is 468 g/mol. The van der Waals surface area contributed by atoms with Crippen LogP contribution in [0.4, 0.5) is 5.13 Å². The van der Waals surface area contributed by atoms with Gasteiger partial charge in [0.2, 0.25) is 5.75 Å². The van der Waals surface area contributed by atoms with Crippen LogP contribution >= 0.6 is 11.3 Å². The number of benzene rings is 2. The first kappa shape index (κ1) is 24.4. The first-order chi connectivity index (χ1) is 17.1. The number of hydrogen-bond acceptors (Lipinski definition) is 8. The molecule has 0 saturated heterocycles. The maximum Gasteiger partial charge on any atom is 0.260 e. The summed E-state index contributed by atoms with van der Waals surface area (Å²) in [4.78, 5) is 20.3. The fraction of sp³-hybridized carbons (Fsp3) is 0.308. The van der Waals surface area contributed by atoms with Gasteiger partial charge in [-0.05, 0) is 57.2 Å². The largest absolute Gasteiger partial charge is 0.497 e. The van der Waals surface area contributed by atoms with Gasteiger partial charge in [-0.3, -0.25) is 9.69 Å². The van der Waals surface area contributed by atoms with Gasteiger partial charge in [-0.25, -0.2) is 4.98 Å². The fourth-order valence-electron chi connectivity index (χ4n) is 3.59. The summed E-state index contributed by atoms with van der Waals surface area (Å²) in [5, 5.41) is 0.541. The van der Waals surface area contributed by atoms with E-state index in [9.17, 15) is 4.79 Å². The summed E-state index contributed by atoms with van der Waals surface area (Å²) in [6, 6.07) is 12.6. The Morgan fingerprint density at radius 2 is 1.71 bits per heavy atom. The van der Waals surface area contributed by atoms with Crippen LogP contribution in [-0.4, -0.2) is 37.8 Å². The van der Waals surface area contributed by atoms with Gasteiger partial charge < -0.3 is 23.4 Å². The van der Waals surface area contributed by atoms with Crippen molar-refractivity contribution in [2.45, 2.75) is 27.3 Å². The molecule has 0 N–H and O–H groups in total. The van der Waals surface area contributed by atoms with Crippen LogP contribution in [-0.2, 0) is 6.54 Å². The topological polar surface area (TPSA) is 83.3 Å². The second kappa shape index (κ2) is 11.1. The number of rotatable bonds is 11. The summed E-state index contributed by atoms with van der Waals surface area (Å²) in [6.45, 7) is 7.12. The lowest BCUT2D eigenvalue weighted by Crippen LogP contribution is -2.30. The lowest BCUT2D eigenvalue weighted by Gasteiger charge is -2.21. The molecule has 0 unspecified atom stereocenters. The number of furan rings is 1. The van der Waals surface area contributed by atoms with Crippen LogP contribution in [0.1, 0.15) is 36.9 Å². The van der Waals surface area contributed by atoms with E-state index in [1.54, 1.807) is 36.5 Å². The average molecular weight is 497 g/mol. The molecule has 2 aromatic carbocycles. The number of amides is 1. The third-order valence-electron chi connectivity index (χ3n) is 5.11. The van der Waals surface area contributed by atoms with E-state index in [0.717, 1.165) is 10.2 Å². The number of nitrogens with zero attached hydrogens (tertiary/aromatic N) is 2. The van der Waals surface area contributed by atoms with Crippen LogP contribution in [0.3, 0.4) is 0 Å².